The van der Waals surface area contributed by atoms with E-state index in [9.17, 15) is 24.0 Å². The van der Waals surface area contributed by atoms with Crippen LogP contribution in [-0.4, -0.2) is 89.3 Å². The maximum absolute atomic E-state index is 13.1. The van der Waals surface area contributed by atoms with Gasteiger partial charge in [0.1, 0.15) is 24.4 Å². The molecule has 208 valence electrons. The summed E-state index contributed by atoms with van der Waals surface area (Å²) in [7, 11) is 0. The standard InChI is InChI=1S/C26H33N7O6/c34-22-14-20(26(38)28-8-4-11-33-10-3-7-23(33)35)32-24(36)18-5-1-2-6-21(18)39-12-9-29-25(37)19(31-22)13-17-15-27-16-30-17/h1-2,5-6,15-16,19-20H,3-4,7-14H2,(H,27,30)(H,28,38)(H,29,37)(H,31,34)(H,32,36)/t19-,20-/m0/s1. The van der Waals surface area contributed by atoms with Crippen LogP contribution in [0.4, 0.5) is 0 Å². The van der Waals surface area contributed by atoms with Crippen molar-refractivity contribution in [2.75, 3.05) is 32.8 Å². The number of nitrogens with zero attached hydrogens (tertiary/aromatic N) is 2. The lowest BCUT2D eigenvalue weighted by Gasteiger charge is -2.23. The van der Waals surface area contributed by atoms with Gasteiger partial charge in [0.05, 0.1) is 24.9 Å². The number of fused-ring (bicyclic) bond motifs is 1. The van der Waals surface area contributed by atoms with Crippen molar-refractivity contribution in [3.8, 4) is 5.75 Å². The number of H-pyrrole nitrogens is 1. The van der Waals surface area contributed by atoms with Crippen molar-refractivity contribution in [3.63, 3.8) is 0 Å². The molecule has 0 aliphatic carbocycles. The van der Waals surface area contributed by atoms with Gasteiger partial charge in [-0.3, -0.25) is 24.0 Å². The predicted molar refractivity (Wildman–Crippen MR) is 138 cm³/mol. The van der Waals surface area contributed by atoms with Gasteiger partial charge in [0.2, 0.25) is 23.6 Å². The molecule has 5 amide bonds. The average molecular weight is 540 g/mol. The van der Waals surface area contributed by atoms with Gasteiger partial charge < -0.3 is 35.9 Å². The Labute approximate surface area is 225 Å². The van der Waals surface area contributed by atoms with Crippen molar-refractivity contribution in [3.05, 3.63) is 48.0 Å². The van der Waals surface area contributed by atoms with Crippen LogP contribution in [0.3, 0.4) is 0 Å². The van der Waals surface area contributed by atoms with Gasteiger partial charge in [0, 0.05) is 44.4 Å². The molecule has 2 aromatic rings. The highest BCUT2D eigenvalue weighted by Gasteiger charge is 2.29. The van der Waals surface area contributed by atoms with Crippen molar-refractivity contribution in [1.29, 1.82) is 0 Å². The van der Waals surface area contributed by atoms with E-state index in [1.165, 1.54) is 6.33 Å². The van der Waals surface area contributed by atoms with E-state index in [4.69, 9.17) is 4.74 Å². The maximum Gasteiger partial charge on any atom is 0.255 e. The quantitative estimate of drug-likeness (QED) is 0.288. The van der Waals surface area contributed by atoms with Crippen molar-refractivity contribution in [2.24, 2.45) is 0 Å². The molecular weight excluding hydrogens is 506 g/mol. The lowest BCUT2D eigenvalue weighted by molar-refractivity contribution is -0.131. The molecule has 3 heterocycles. The number of rotatable bonds is 7. The van der Waals surface area contributed by atoms with E-state index in [2.05, 4.69) is 31.2 Å². The molecule has 0 radical (unpaired) electrons. The first kappa shape index (κ1) is 27.6. The molecule has 5 N–H and O–H groups in total. The molecule has 4 rings (SSSR count). The normalized spacial score (nSPS) is 20.7. The molecule has 2 aliphatic heterocycles. The summed E-state index contributed by atoms with van der Waals surface area (Å²) in [6, 6.07) is 4.39. The molecule has 1 aromatic heterocycles. The number of nitrogens with one attached hydrogen (secondary N) is 5. The fourth-order valence-corrected chi connectivity index (χ4v) is 4.49. The van der Waals surface area contributed by atoms with Crippen LogP contribution >= 0.6 is 0 Å². The second-order valence-electron chi connectivity index (χ2n) is 9.40. The highest BCUT2D eigenvalue weighted by atomic mass is 16.5. The molecule has 0 unspecified atom stereocenters. The molecule has 2 atom stereocenters. The van der Waals surface area contributed by atoms with Crippen molar-refractivity contribution in [2.45, 2.75) is 44.2 Å². The van der Waals surface area contributed by atoms with E-state index >= 15 is 0 Å². The third-order valence-corrected chi connectivity index (χ3v) is 6.51. The van der Waals surface area contributed by atoms with Crippen molar-refractivity contribution in [1.82, 2.24) is 36.1 Å². The maximum atomic E-state index is 13.1. The SMILES string of the molecule is O=C1C[C@@H](C(=O)NCCCN2CCCC2=O)NC(=O)c2ccccc2OCCNC(=O)[C@H](Cc2cnc[nH]2)N1. The van der Waals surface area contributed by atoms with Gasteiger partial charge in [-0.25, -0.2) is 4.98 Å². The van der Waals surface area contributed by atoms with Gasteiger partial charge in [-0.1, -0.05) is 12.1 Å². The van der Waals surface area contributed by atoms with E-state index in [1.54, 1.807) is 35.4 Å². The van der Waals surface area contributed by atoms with Gasteiger partial charge in [0.25, 0.3) is 5.91 Å². The molecule has 0 bridgehead atoms. The van der Waals surface area contributed by atoms with Crippen LogP contribution < -0.4 is 26.0 Å². The lowest BCUT2D eigenvalue weighted by atomic mass is 10.1. The first-order valence-electron chi connectivity index (χ1n) is 13.0. The Bertz CT molecular complexity index is 1190. The smallest absolute Gasteiger partial charge is 0.255 e. The highest BCUT2D eigenvalue weighted by Crippen LogP contribution is 2.18. The number of imidazole rings is 1. The number of amides is 5. The number of carbonyl (C=O) groups is 5. The summed E-state index contributed by atoms with van der Waals surface area (Å²) in [5.74, 6) is -1.74. The zero-order valence-corrected chi connectivity index (χ0v) is 21.5. The molecule has 39 heavy (non-hydrogen) atoms. The van der Waals surface area contributed by atoms with E-state index < -0.39 is 42.1 Å². The zero-order chi connectivity index (χ0) is 27.6. The molecule has 13 nitrogen and oxygen atoms in total. The van der Waals surface area contributed by atoms with E-state index in [0.717, 1.165) is 6.42 Å². The Morgan fingerprint density at radius 1 is 1.15 bits per heavy atom. The second-order valence-corrected chi connectivity index (χ2v) is 9.40. The molecule has 1 fully saturated rings. The number of hydrogen-bond acceptors (Lipinski definition) is 7. The number of aromatic amines is 1. The summed E-state index contributed by atoms with van der Waals surface area (Å²) >= 11 is 0. The third kappa shape index (κ3) is 7.79. The summed E-state index contributed by atoms with van der Waals surface area (Å²) in [6.45, 7) is 1.73. The Hall–Kier alpha value is -4.42. The Morgan fingerprint density at radius 2 is 2.00 bits per heavy atom. The average Bonchev–Trinajstić information content (AvgIpc) is 3.59. The lowest BCUT2D eigenvalue weighted by Crippen LogP contribution is -2.53. The number of benzene rings is 1. The number of likely N-dealkylation sites (tertiary alicyclic amines) is 1. The molecular formula is C26H33N7O6. The Balaban J connectivity index is 1.47. The van der Waals surface area contributed by atoms with E-state index in [0.29, 0.717) is 31.6 Å². The van der Waals surface area contributed by atoms with E-state index in [1.807, 2.05) is 0 Å². The molecule has 0 spiro atoms. The monoisotopic (exact) mass is 539 g/mol. The number of aromatic nitrogens is 2. The van der Waals surface area contributed by atoms with Gasteiger partial charge in [0.15, 0.2) is 0 Å². The van der Waals surface area contributed by atoms with Crippen LogP contribution in [0, 0.1) is 0 Å². The van der Waals surface area contributed by atoms with Crippen LogP contribution in [0.15, 0.2) is 36.8 Å². The highest BCUT2D eigenvalue weighted by molar-refractivity contribution is 6.01. The first-order chi connectivity index (χ1) is 18.9. The Morgan fingerprint density at radius 3 is 2.77 bits per heavy atom. The largest absolute Gasteiger partial charge is 0.491 e. The molecule has 2 aliphatic rings. The zero-order valence-electron chi connectivity index (χ0n) is 21.5. The topological polar surface area (TPSA) is 175 Å². The summed E-state index contributed by atoms with van der Waals surface area (Å²) in [5.41, 5.74) is 0.838. The van der Waals surface area contributed by atoms with Crippen LogP contribution in [0.1, 0.15) is 41.7 Å². The fourth-order valence-electron chi connectivity index (χ4n) is 4.49. The predicted octanol–water partition coefficient (Wildman–Crippen LogP) is -0.737. The van der Waals surface area contributed by atoms with Crippen LogP contribution in [0.2, 0.25) is 0 Å². The van der Waals surface area contributed by atoms with Gasteiger partial charge in [-0.05, 0) is 25.0 Å². The minimum atomic E-state index is -1.21. The minimum absolute atomic E-state index is 0.0875. The summed E-state index contributed by atoms with van der Waals surface area (Å²) < 4.78 is 5.73. The van der Waals surface area contributed by atoms with Gasteiger partial charge in [-0.2, -0.15) is 0 Å². The molecule has 13 heteroatoms. The number of hydrogen-bond donors (Lipinski definition) is 5. The Kier molecular flexibility index (Phi) is 9.48. The minimum Gasteiger partial charge on any atom is -0.491 e. The van der Waals surface area contributed by atoms with Gasteiger partial charge >= 0.3 is 0 Å². The summed E-state index contributed by atoms with van der Waals surface area (Å²) in [4.78, 5) is 72.6. The number of para-hydroxylation sites is 1. The third-order valence-electron chi connectivity index (χ3n) is 6.51. The second kappa shape index (κ2) is 13.4. The van der Waals surface area contributed by atoms with Gasteiger partial charge in [-0.15, -0.1) is 0 Å². The van der Waals surface area contributed by atoms with Crippen LogP contribution in [0.25, 0.3) is 0 Å². The number of carbonyl (C=O) groups excluding carboxylic acids is 5. The molecule has 1 aromatic carbocycles. The first-order valence-corrected chi connectivity index (χ1v) is 13.0. The van der Waals surface area contributed by atoms with E-state index in [-0.39, 0.29) is 43.3 Å². The summed E-state index contributed by atoms with van der Waals surface area (Å²) in [5, 5.41) is 10.8. The van der Waals surface area contributed by atoms with Crippen LogP contribution in [0.5, 0.6) is 5.75 Å². The molecule has 0 saturated carbocycles. The fraction of sp³-hybridized carbons (Fsp3) is 0.462. The van der Waals surface area contributed by atoms with Crippen molar-refractivity contribution >= 4 is 29.5 Å². The van der Waals surface area contributed by atoms with Crippen LogP contribution in [-0.2, 0) is 25.6 Å². The van der Waals surface area contributed by atoms with Crippen molar-refractivity contribution < 1.29 is 28.7 Å². The number of ether oxygens (including phenoxy) is 1. The molecule has 1 saturated heterocycles. The summed E-state index contributed by atoms with van der Waals surface area (Å²) in [6.07, 6.45) is 4.69.